The van der Waals surface area contributed by atoms with Gasteiger partial charge in [-0.15, -0.1) is 0 Å². The van der Waals surface area contributed by atoms with Gasteiger partial charge in [0.25, 0.3) is 0 Å². The largest absolute Gasteiger partial charge is 0.501 e. The Hall–Kier alpha value is -4.03. The van der Waals surface area contributed by atoms with Crippen LogP contribution in [0.3, 0.4) is 0 Å². The summed E-state index contributed by atoms with van der Waals surface area (Å²) in [6, 6.07) is 19.6. The van der Waals surface area contributed by atoms with E-state index in [2.05, 4.69) is 14.8 Å². The summed E-state index contributed by atoms with van der Waals surface area (Å²) in [5.41, 5.74) is 6.97. The maximum atomic E-state index is 13.4. The molecule has 5 N–H and O–H groups in total. The minimum absolute atomic E-state index is 0.0372. The molecule has 208 valence electrons. The number of halogens is 2. The average Bonchev–Trinajstić information content (AvgIpc) is 2.90. The van der Waals surface area contributed by atoms with Gasteiger partial charge in [-0.3, -0.25) is 4.79 Å². The van der Waals surface area contributed by atoms with Gasteiger partial charge in [0.2, 0.25) is 15.9 Å². The van der Waals surface area contributed by atoms with Crippen molar-refractivity contribution >= 4 is 27.6 Å². The summed E-state index contributed by atoms with van der Waals surface area (Å²) in [7, 11) is -4.08. The summed E-state index contributed by atoms with van der Waals surface area (Å²) < 4.78 is 59.4. The van der Waals surface area contributed by atoms with Gasteiger partial charge in [0.1, 0.15) is 11.8 Å². The van der Waals surface area contributed by atoms with E-state index < -0.39 is 39.8 Å². The Kier molecular flexibility index (Phi) is 9.96. The number of nitrogens with two attached hydrogens (primary N) is 1. The second-order valence-corrected chi connectivity index (χ2v) is 10.4. The number of anilines is 1. The van der Waals surface area contributed by atoms with Crippen molar-refractivity contribution in [1.29, 1.82) is 0 Å². The fraction of sp³-hybridized carbons (Fsp3) is 0.259. The zero-order valence-corrected chi connectivity index (χ0v) is 21.7. The van der Waals surface area contributed by atoms with Gasteiger partial charge in [0, 0.05) is 6.54 Å². The predicted molar refractivity (Wildman–Crippen MR) is 141 cm³/mol. The van der Waals surface area contributed by atoms with Gasteiger partial charge < -0.3 is 20.9 Å². The molecule has 0 unspecified atom stereocenters. The number of rotatable bonds is 14. The van der Waals surface area contributed by atoms with Crippen LogP contribution in [-0.2, 0) is 32.5 Å². The highest BCUT2D eigenvalue weighted by Gasteiger charge is 2.42. The van der Waals surface area contributed by atoms with Gasteiger partial charge in [0.05, 0.1) is 10.6 Å². The van der Waals surface area contributed by atoms with E-state index in [-0.39, 0.29) is 17.0 Å². The number of alkyl halides is 2. The van der Waals surface area contributed by atoms with Crippen LogP contribution in [0.1, 0.15) is 24.0 Å². The van der Waals surface area contributed by atoms with E-state index in [0.717, 1.165) is 18.9 Å². The molecule has 0 aliphatic carbocycles. The van der Waals surface area contributed by atoms with Gasteiger partial charge in [-0.25, -0.2) is 13.2 Å². The minimum Gasteiger partial charge on any atom is -0.474 e. The van der Waals surface area contributed by atoms with Crippen molar-refractivity contribution in [1.82, 2.24) is 10.0 Å². The number of carboxylic acid groups (broad SMARTS) is 1. The smallest absolute Gasteiger partial charge is 0.474 e. The van der Waals surface area contributed by atoms with Crippen molar-refractivity contribution in [3.63, 3.8) is 0 Å². The Bertz CT molecular complexity index is 1370. The standard InChI is InChI=1S/C27H29F2N3O6S/c28-27(29,26(34)35)38-24-15-14-20(17-22(24)30)18-23(32-39(36,37)21-12-5-2-6-13-21)25(33)31-16-8-7-11-19-9-3-1-4-10-19/h1-6,9-10,12-15,17,23,32H,7-8,11,16,18,30H2,(H,31,33)(H,34,35)/t23-/m0/s1. The lowest BCUT2D eigenvalue weighted by molar-refractivity contribution is -0.210. The van der Waals surface area contributed by atoms with Gasteiger partial charge in [-0.2, -0.15) is 13.5 Å². The molecule has 0 heterocycles. The second-order valence-electron chi connectivity index (χ2n) is 8.72. The molecule has 39 heavy (non-hydrogen) atoms. The van der Waals surface area contributed by atoms with Gasteiger partial charge in [-0.05, 0) is 61.1 Å². The predicted octanol–water partition coefficient (Wildman–Crippen LogP) is 3.35. The Morgan fingerprint density at radius 2 is 1.59 bits per heavy atom. The van der Waals surface area contributed by atoms with E-state index in [1.807, 2.05) is 30.3 Å². The minimum atomic E-state index is -4.50. The lowest BCUT2D eigenvalue weighted by Crippen LogP contribution is -2.48. The highest BCUT2D eigenvalue weighted by molar-refractivity contribution is 7.89. The molecule has 9 nitrogen and oxygen atoms in total. The first-order chi connectivity index (χ1) is 18.5. The molecule has 0 aromatic heterocycles. The molecule has 1 atom stereocenters. The maximum absolute atomic E-state index is 13.4. The lowest BCUT2D eigenvalue weighted by Gasteiger charge is -2.20. The third kappa shape index (κ3) is 8.76. The highest BCUT2D eigenvalue weighted by Crippen LogP contribution is 2.29. The number of unbranched alkanes of at least 4 members (excludes halogenated alkanes) is 1. The fourth-order valence-corrected chi connectivity index (χ4v) is 4.93. The molecule has 0 saturated heterocycles. The molecule has 0 aliphatic heterocycles. The molecule has 3 rings (SSSR count). The van der Waals surface area contributed by atoms with E-state index in [1.165, 1.54) is 29.8 Å². The molecule has 0 saturated carbocycles. The summed E-state index contributed by atoms with van der Waals surface area (Å²) in [5.74, 6) is -3.64. The van der Waals surface area contributed by atoms with Crippen molar-refractivity contribution < 1.29 is 36.6 Å². The van der Waals surface area contributed by atoms with Crippen LogP contribution in [0.4, 0.5) is 14.5 Å². The number of benzene rings is 3. The first-order valence-electron chi connectivity index (χ1n) is 12.1. The summed E-state index contributed by atoms with van der Waals surface area (Å²) >= 11 is 0. The average molecular weight is 562 g/mol. The van der Waals surface area contributed by atoms with Crippen molar-refractivity contribution in [3.05, 3.63) is 90.0 Å². The van der Waals surface area contributed by atoms with E-state index in [1.54, 1.807) is 18.2 Å². The number of hydrogen-bond acceptors (Lipinski definition) is 6. The van der Waals surface area contributed by atoms with E-state index >= 15 is 0 Å². The van der Waals surface area contributed by atoms with Crippen molar-refractivity contribution in [3.8, 4) is 5.75 Å². The number of nitrogen functional groups attached to an aromatic ring is 1. The molecular weight excluding hydrogens is 532 g/mol. The molecule has 1 amide bonds. The summed E-state index contributed by atoms with van der Waals surface area (Å²) in [6.45, 7) is 0.314. The van der Waals surface area contributed by atoms with Crippen LogP contribution < -0.4 is 20.5 Å². The zero-order valence-electron chi connectivity index (χ0n) is 20.8. The van der Waals surface area contributed by atoms with Crippen LogP contribution in [0.5, 0.6) is 5.75 Å². The first-order valence-corrected chi connectivity index (χ1v) is 13.5. The van der Waals surface area contributed by atoms with Crippen molar-refractivity contribution in [2.24, 2.45) is 0 Å². The third-order valence-electron chi connectivity index (χ3n) is 5.70. The maximum Gasteiger partial charge on any atom is 0.501 e. The van der Waals surface area contributed by atoms with Gasteiger partial charge in [0.15, 0.2) is 0 Å². The number of nitrogens with one attached hydrogen (secondary N) is 2. The Morgan fingerprint density at radius 3 is 2.21 bits per heavy atom. The number of carbonyl (C=O) groups is 2. The van der Waals surface area contributed by atoms with E-state index in [4.69, 9.17) is 10.8 Å². The fourth-order valence-electron chi connectivity index (χ4n) is 3.71. The summed E-state index contributed by atoms with van der Waals surface area (Å²) in [5, 5.41) is 11.3. The number of amides is 1. The van der Waals surface area contributed by atoms with Crippen LogP contribution in [0.2, 0.25) is 0 Å². The zero-order chi connectivity index (χ0) is 28.5. The molecule has 0 fully saturated rings. The first kappa shape index (κ1) is 29.5. The molecule has 0 bridgehead atoms. The quantitative estimate of drug-likeness (QED) is 0.174. The number of sulfonamides is 1. The van der Waals surface area contributed by atoms with Crippen molar-refractivity contribution in [2.75, 3.05) is 12.3 Å². The van der Waals surface area contributed by atoms with Gasteiger partial charge in [-0.1, -0.05) is 54.6 Å². The third-order valence-corrected chi connectivity index (χ3v) is 7.19. The van der Waals surface area contributed by atoms with Gasteiger partial charge >= 0.3 is 12.1 Å². The molecule has 0 aliphatic rings. The molecule has 3 aromatic rings. The topological polar surface area (TPSA) is 148 Å². The van der Waals surface area contributed by atoms with Crippen molar-refractivity contribution in [2.45, 2.75) is 42.7 Å². The SMILES string of the molecule is Nc1cc(C[C@H](NS(=O)(=O)c2ccccc2)C(=O)NCCCCc2ccccc2)ccc1OC(F)(F)C(=O)O. The van der Waals surface area contributed by atoms with Crippen LogP contribution in [0, 0.1) is 0 Å². The molecule has 3 aromatic carbocycles. The monoisotopic (exact) mass is 561 g/mol. The van der Waals surface area contributed by atoms with Crippen LogP contribution >= 0.6 is 0 Å². The van der Waals surface area contributed by atoms with Crippen LogP contribution in [-0.4, -0.2) is 44.1 Å². The Morgan fingerprint density at radius 1 is 0.949 bits per heavy atom. The molecule has 12 heteroatoms. The molecular formula is C27H29F2N3O6S. The number of aryl methyl sites for hydroxylation is 1. The Balaban J connectivity index is 1.71. The highest BCUT2D eigenvalue weighted by atomic mass is 32.2. The van der Waals surface area contributed by atoms with E-state index in [9.17, 15) is 26.8 Å². The lowest BCUT2D eigenvalue weighted by atomic mass is 10.0. The summed E-state index contributed by atoms with van der Waals surface area (Å²) in [4.78, 5) is 23.7. The number of hydrogen-bond donors (Lipinski definition) is 4. The number of carboxylic acids is 1. The summed E-state index contributed by atoms with van der Waals surface area (Å²) in [6.07, 6.45) is -2.36. The normalized spacial score (nSPS) is 12.5. The molecule has 0 spiro atoms. The van der Waals surface area contributed by atoms with Crippen LogP contribution in [0.15, 0.2) is 83.8 Å². The Labute approximate surface area is 225 Å². The molecule has 0 radical (unpaired) electrons. The second kappa shape index (κ2) is 13.2. The number of ether oxygens (including phenoxy) is 1. The van der Waals surface area contributed by atoms with Crippen LogP contribution in [0.25, 0.3) is 0 Å². The number of aliphatic carboxylic acids is 1. The van der Waals surface area contributed by atoms with E-state index in [0.29, 0.717) is 18.5 Å². The number of carbonyl (C=O) groups excluding carboxylic acids is 1.